The fourth-order valence-electron chi connectivity index (χ4n) is 1.94. The van der Waals surface area contributed by atoms with Gasteiger partial charge in [0.25, 0.3) is 0 Å². The highest BCUT2D eigenvalue weighted by Crippen LogP contribution is 2.30. The number of ether oxygens (including phenoxy) is 1. The number of hydrogen-bond donors (Lipinski definition) is 1. The summed E-state index contributed by atoms with van der Waals surface area (Å²) in [7, 11) is 3.49. The van der Waals surface area contributed by atoms with Crippen molar-refractivity contribution in [2.75, 3.05) is 14.2 Å². The minimum atomic E-state index is -0.0119. The monoisotopic (exact) mass is 265 g/mol. The molecule has 1 aromatic heterocycles. The number of methoxy groups -OCH3 is 1. The summed E-state index contributed by atoms with van der Waals surface area (Å²) in [5.41, 5.74) is 1.04. The van der Waals surface area contributed by atoms with E-state index >= 15 is 0 Å². The van der Waals surface area contributed by atoms with Crippen LogP contribution in [-0.4, -0.2) is 14.2 Å². The molecule has 0 aliphatic heterocycles. The van der Waals surface area contributed by atoms with Gasteiger partial charge in [-0.1, -0.05) is 17.7 Å². The molecule has 2 rings (SSSR count). The second kappa shape index (κ2) is 5.46. The van der Waals surface area contributed by atoms with Crippen LogP contribution in [0.3, 0.4) is 0 Å². The zero-order chi connectivity index (χ0) is 13.1. The Labute approximate surface area is 112 Å². The standard InChI is InChI=1S/C14H16ClNO2/c1-9-4-6-13(18-9)14(16-2)10-5-7-12(17-3)11(15)8-10/h4-8,14,16H,1-3H3. The molecule has 1 aromatic carbocycles. The molecule has 0 aliphatic carbocycles. The molecule has 1 unspecified atom stereocenters. The van der Waals surface area contributed by atoms with E-state index in [2.05, 4.69) is 5.32 Å². The molecule has 0 aliphatic rings. The van der Waals surface area contributed by atoms with Gasteiger partial charge in [-0.05, 0) is 43.8 Å². The molecule has 0 radical (unpaired) electrons. The first-order valence-electron chi connectivity index (χ1n) is 5.72. The lowest BCUT2D eigenvalue weighted by atomic mass is 10.0. The van der Waals surface area contributed by atoms with Gasteiger partial charge in [-0.3, -0.25) is 0 Å². The third kappa shape index (κ3) is 2.52. The summed E-state index contributed by atoms with van der Waals surface area (Å²) in [6, 6.07) is 9.63. The molecule has 0 fully saturated rings. The molecule has 0 bridgehead atoms. The summed E-state index contributed by atoms with van der Waals surface area (Å²) in [6.45, 7) is 1.93. The topological polar surface area (TPSA) is 34.4 Å². The summed E-state index contributed by atoms with van der Waals surface area (Å²) in [5, 5.41) is 3.82. The smallest absolute Gasteiger partial charge is 0.137 e. The second-order valence-corrected chi connectivity index (χ2v) is 4.47. The Kier molecular flexibility index (Phi) is 3.94. The van der Waals surface area contributed by atoms with E-state index in [4.69, 9.17) is 20.8 Å². The van der Waals surface area contributed by atoms with Gasteiger partial charge in [-0.25, -0.2) is 0 Å². The van der Waals surface area contributed by atoms with Gasteiger partial charge < -0.3 is 14.5 Å². The van der Waals surface area contributed by atoms with Crippen molar-refractivity contribution in [2.45, 2.75) is 13.0 Å². The first kappa shape index (κ1) is 13.0. The lowest BCUT2D eigenvalue weighted by Crippen LogP contribution is -2.17. The predicted octanol–water partition coefficient (Wildman–Crippen LogP) is 3.56. The largest absolute Gasteiger partial charge is 0.495 e. The van der Waals surface area contributed by atoms with Crippen LogP contribution in [-0.2, 0) is 0 Å². The highest BCUT2D eigenvalue weighted by Gasteiger charge is 2.16. The van der Waals surface area contributed by atoms with Gasteiger partial charge in [0.2, 0.25) is 0 Å². The number of benzene rings is 1. The number of nitrogens with one attached hydrogen (secondary N) is 1. The van der Waals surface area contributed by atoms with E-state index in [1.807, 2.05) is 44.3 Å². The highest BCUT2D eigenvalue weighted by atomic mass is 35.5. The lowest BCUT2D eigenvalue weighted by molar-refractivity contribution is 0.414. The van der Waals surface area contributed by atoms with Gasteiger partial charge in [0.05, 0.1) is 18.2 Å². The van der Waals surface area contributed by atoms with Gasteiger partial charge >= 0.3 is 0 Å². The van der Waals surface area contributed by atoms with E-state index in [0.29, 0.717) is 10.8 Å². The van der Waals surface area contributed by atoms with Crippen LogP contribution in [0, 0.1) is 6.92 Å². The number of hydrogen-bond acceptors (Lipinski definition) is 3. The van der Waals surface area contributed by atoms with Gasteiger partial charge in [0.1, 0.15) is 17.3 Å². The Morgan fingerprint density at radius 1 is 1.28 bits per heavy atom. The Hall–Kier alpha value is -1.45. The van der Waals surface area contributed by atoms with Crippen molar-refractivity contribution in [2.24, 2.45) is 0 Å². The van der Waals surface area contributed by atoms with E-state index in [1.165, 1.54) is 0 Å². The SMILES string of the molecule is CNC(c1ccc(OC)c(Cl)c1)c1ccc(C)o1. The molecule has 1 atom stereocenters. The van der Waals surface area contributed by atoms with Crippen molar-refractivity contribution in [1.29, 1.82) is 0 Å². The average molecular weight is 266 g/mol. The Balaban J connectivity index is 2.36. The summed E-state index contributed by atoms with van der Waals surface area (Å²) >= 11 is 6.14. The fraction of sp³-hybridized carbons (Fsp3) is 0.286. The fourth-order valence-corrected chi connectivity index (χ4v) is 2.21. The van der Waals surface area contributed by atoms with Crippen molar-refractivity contribution in [3.05, 3.63) is 52.4 Å². The van der Waals surface area contributed by atoms with Crippen LogP contribution in [0.25, 0.3) is 0 Å². The molecule has 96 valence electrons. The predicted molar refractivity (Wildman–Crippen MR) is 72.4 cm³/mol. The molecule has 4 heteroatoms. The number of halogens is 1. The highest BCUT2D eigenvalue weighted by molar-refractivity contribution is 6.32. The zero-order valence-electron chi connectivity index (χ0n) is 10.7. The third-order valence-electron chi connectivity index (χ3n) is 2.84. The van der Waals surface area contributed by atoms with Gasteiger partial charge in [0, 0.05) is 0 Å². The van der Waals surface area contributed by atoms with E-state index < -0.39 is 0 Å². The van der Waals surface area contributed by atoms with E-state index in [-0.39, 0.29) is 6.04 Å². The van der Waals surface area contributed by atoms with Crippen molar-refractivity contribution in [3.8, 4) is 5.75 Å². The zero-order valence-corrected chi connectivity index (χ0v) is 11.4. The molecule has 0 saturated heterocycles. The molecule has 0 amide bonds. The average Bonchev–Trinajstić information content (AvgIpc) is 2.77. The van der Waals surface area contributed by atoms with Crippen LogP contribution in [0.15, 0.2) is 34.7 Å². The minimum Gasteiger partial charge on any atom is -0.495 e. The van der Waals surface area contributed by atoms with E-state index in [0.717, 1.165) is 17.1 Å². The molecule has 3 nitrogen and oxygen atoms in total. The molecule has 18 heavy (non-hydrogen) atoms. The third-order valence-corrected chi connectivity index (χ3v) is 3.14. The number of aryl methyl sites for hydroxylation is 1. The lowest BCUT2D eigenvalue weighted by Gasteiger charge is -2.15. The molecule has 0 saturated carbocycles. The minimum absolute atomic E-state index is 0.0119. The van der Waals surface area contributed by atoms with Gasteiger partial charge in [0.15, 0.2) is 0 Å². The molecule has 2 aromatic rings. The molecular formula is C14H16ClNO2. The van der Waals surface area contributed by atoms with Crippen LogP contribution < -0.4 is 10.1 Å². The second-order valence-electron chi connectivity index (χ2n) is 4.06. The maximum Gasteiger partial charge on any atom is 0.137 e. The first-order valence-corrected chi connectivity index (χ1v) is 6.10. The first-order chi connectivity index (χ1) is 8.65. The van der Waals surface area contributed by atoms with E-state index in [1.54, 1.807) is 7.11 Å². The number of furan rings is 1. The van der Waals surface area contributed by atoms with Crippen LogP contribution in [0.2, 0.25) is 5.02 Å². The summed E-state index contributed by atoms with van der Waals surface area (Å²) in [6.07, 6.45) is 0. The Bertz CT molecular complexity index is 536. The molecule has 1 heterocycles. The molecular weight excluding hydrogens is 250 g/mol. The van der Waals surface area contributed by atoms with Crippen molar-refractivity contribution in [3.63, 3.8) is 0 Å². The summed E-state index contributed by atoms with van der Waals surface area (Å²) in [5.74, 6) is 2.44. The van der Waals surface area contributed by atoms with Crippen LogP contribution in [0.4, 0.5) is 0 Å². The van der Waals surface area contributed by atoms with Crippen LogP contribution in [0.5, 0.6) is 5.75 Å². The van der Waals surface area contributed by atoms with Crippen molar-refractivity contribution < 1.29 is 9.15 Å². The Morgan fingerprint density at radius 3 is 2.56 bits per heavy atom. The molecule has 0 spiro atoms. The summed E-state index contributed by atoms with van der Waals surface area (Å²) in [4.78, 5) is 0. The Morgan fingerprint density at radius 2 is 2.06 bits per heavy atom. The quantitative estimate of drug-likeness (QED) is 0.918. The number of rotatable bonds is 4. The summed E-state index contributed by atoms with van der Waals surface area (Å²) < 4.78 is 10.8. The maximum atomic E-state index is 6.14. The van der Waals surface area contributed by atoms with Crippen LogP contribution >= 0.6 is 11.6 Å². The van der Waals surface area contributed by atoms with Crippen molar-refractivity contribution in [1.82, 2.24) is 5.32 Å². The normalized spacial score (nSPS) is 12.4. The molecule has 1 N–H and O–H groups in total. The maximum absolute atomic E-state index is 6.14. The van der Waals surface area contributed by atoms with Gasteiger partial charge in [-0.2, -0.15) is 0 Å². The van der Waals surface area contributed by atoms with Crippen molar-refractivity contribution >= 4 is 11.6 Å². The van der Waals surface area contributed by atoms with Crippen LogP contribution in [0.1, 0.15) is 23.1 Å². The van der Waals surface area contributed by atoms with Gasteiger partial charge in [-0.15, -0.1) is 0 Å². The van der Waals surface area contributed by atoms with E-state index in [9.17, 15) is 0 Å².